The van der Waals surface area contributed by atoms with Crippen molar-refractivity contribution in [3.8, 4) is 0 Å². The predicted molar refractivity (Wildman–Crippen MR) is 89.2 cm³/mol. The van der Waals surface area contributed by atoms with Crippen LogP contribution in [0.1, 0.15) is 40.0 Å². The van der Waals surface area contributed by atoms with Crippen LogP contribution in [0.3, 0.4) is 0 Å². The number of piperidine rings is 1. The number of nitrogens with one attached hydrogen (secondary N) is 2. The monoisotopic (exact) mass is 281 g/mol. The van der Waals surface area contributed by atoms with Crippen LogP contribution in [0.25, 0.3) is 0 Å². The van der Waals surface area contributed by atoms with Crippen LogP contribution in [0.15, 0.2) is 12.7 Å². The molecule has 2 fully saturated rings. The molecule has 0 aromatic rings. The Morgan fingerprint density at radius 1 is 1.15 bits per heavy atom. The summed E-state index contributed by atoms with van der Waals surface area (Å²) in [6.45, 7) is 16.5. The van der Waals surface area contributed by atoms with E-state index in [0.29, 0.717) is 11.5 Å². The first-order chi connectivity index (χ1) is 9.45. The topological polar surface area (TPSA) is 27.3 Å². The second kappa shape index (κ2) is 8.81. The van der Waals surface area contributed by atoms with Crippen LogP contribution in [0.4, 0.5) is 0 Å². The minimum absolute atomic E-state index is 0.405. The van der Waals surface area contributed by atoms with E-state index in [0.717, 1.165) is 19.0 Å². The Balaban J connectivity index is 0.000000204. The Bertz CT molecular complexity index is 264. The molecule has 0 saturated carbocycles. The summed E-state index contributed by atoms with van der Waals surface area (Å²) in [6, 6.07) is 0.691. The van der Waals surface area contributed by atoms with E-state index in [-0.39, 0.29) is 0 Å². The molecule has 2 N–H and O–H groups in total. The summed E-state index contributed by atoms with van der Waals surface area (Å²) in [7, 11) is 2.22. The molecule has 2 rings (SSSR count). The highest BCUT2D eigenvalue weighted by Crippen LogP contribution is 2.23. The van der Waals surface area contributed by atoms with Gasteiger partial charge in [0.25, 0.3) is 0 Å². The molecule has 2 aliphatic heterocycles. The molecule has 0 amide bonds. The second-order valence-corrected chi connectivity index (χ2v) is 7.28. The van der Waals surface area contributed by atoms with Gasteiger partial charge in [-0.25, -0.2) is 0 Å². The van der Waals surface area contributed by atoms with Crippen molar-refractivity contribution >= 4 is 0 Å². The van der Waals surface area contributed by atoms with Gasteiger partial charge >= 0.3 is 0 Å². The molecule has 2 aliphatic rings. The van der Waals surface area contributed by atoms with Gasteiger partial charge in [-0.3, -0.25) is 0 Å². The number of likely N-dealkylation sites (N-methyl/N-ethyl adjacent to an activating group) is 1. The zero-order valence-electron chi connectivity index (χ0n) is 14.0. The van der Waals surface area contributed by atoms with Crippen LogP contribution < -0.4 is 10.6 Å². The molecule has 0 bridgehead atoms. The lowest BCUT2D eigenvalue weighted by molar-refractivity contribution is 0.101. The third-order valence-electron chi connectivity index (χ3n) is 4.47. The van der Waals surface area contributed by atoms with Crippen molar-refractivity contribution < 1.29 is 0 Å². The van der Waals surface area contributed by atoms with E-state index >= 15 is 0 Å². The second-order valence-electron chi connectivity index (χ2n) is 7.28. The van der Waals surface area contributed by atoms with Crippen molar-refractivity contribution in [1.29, 1.82) is 0 Å². The van der Waals surface area contributed by atoms with Gasteiger partial charge in [-0.1, -0.05) is 26.8 Å². The Hall–Kier alpha value is -0.380. The van der Waals surface area contributed by atoms with Gasteiger partial charge in [-0.15, -0.1) is 6.58 Å². The zero-order valence-corrected chi connectivity index (χ0v) is 14.0. The van der Waals surface area contributed by atoms with E-state index in [1.165, 1.54) is 38.9 Å². The molecule has 0 aromatic carbocycles. The Morgan fingerprint density at radius 2 is 1.80 bits per heavy atom. The molecule has 0 aromatic heterocycles. The van der Waals surface area contributed by atoms with Crippen LogP contribution in [-0.4, -0.2) is 50.7 Å². The van der Waals surface area contributed by atoms with Crippen LogP contribution >= 0.6 is 0 Å². The standard InChI is InChI=1S/C9H20N2.C8H15N/c1-9(2,3)8-7-10-5-6-11(8)4;1-2-3-8-4-6-9-7-5-8/h8,10H,5-7H2,1-4H3;2,8-9H,1,3-7H2. The SMILES string of the molecule is C=CCC1CCNCC1.CN1CCNCC1C(C)(C)C. The van der Waals surface area contributed by atoms with Gasteiger partial charge in [0.1, 0.15) is 0 Å². The summed E-state index contributed by atoms with van der Waals surface area (Å²) in [5.74, 6) is 0.920. The highest BCUT2D eigenvalue weighted by molar-refractivity contribution is 4.86. The van der Waals surface area contributed by atoms with Crippen molar-refractivity contribution in [1.82, 2.24) is 15.5 Å². The summed E-state index contributed by atoms with van der Waals surface area (Å²) in [5, 5.41) is 6.77. The smallest absolute Gasteiger partial charge is 0.0266 e. The lowest BCUT2D eigenvalue weighted by atomic mass is 9.85. The first kappa shape index (κ1) is 17.7. The maximum absolute atomic E-state index is 3.73. The summed E-state index contributed by atoms with van der Waals surface area (Å²) in [6.07, 6.45) is 5.93. The third kappa shape index (κ3) is 6.38. The zero-order chi connectivity index (χ0) is 15.0. The summed E-state index contributed by atoms with van der Waals surface area (Å²) >= 11 is 0. The highest BCUT2D eigenvalue weighted by atomic mass is 15.2. The average molecular weight is 281 g/mol. The van der Waals surface area contributed by atoms with Gasteiger partial charge in [0.15, 0.2) is 0 Å². The molecule has 0 spiro atoms. The van der Waals surface area contributed by atoms with Crippen LogP contribution in [-0.2, 0) is 0 Å². The fourth-order valence-electron chi connectivity index (χ4n) is 3.13. The van der Waals surface area contributed by atoms with E-state index < -0.39 is 0 Å². The molecule has 1 atom stereocenters. The molecule has 118 valence electrons. The fraction of sp³-hybridized carbons (Fsp3) is 0.882. The van der Waals surface area contributed by atoms with E-state index in [2.05, 4.69) is 49.9 Å². The van der Waals surface area contributed by atoms with Gasteiger partial charge in [-0.2, -0.15) is 0 Å². The fourth-order valence-corrected chi connectivity index (χ4v) is 3.13. The minimum Gasteiger partial charge on any atom is -0.317 e. The van der Waals surface area contributed by atoms with Crippen molar-refractivity contribution in [2.45, 2.75) is 46.1 Å². The Labute approximate surface area is 126 Å². The van der Waals surface area contributed by atoms with Crippen LogP contribution in [0, 0.1) is 11.3 Å². The molecule has 0 radical (unpaired) electrons. The van der Waals surface area contributed by atoms with E-state index in [4.69, 9.17) is 0 Å². The number of hydrogen-bond donors (Lipinski definition) is 2. The quantitative estimate of drug-likeness (QED) is 0.762. The van der Waals surface area contributed by atoms with Gasteiger partial charge in [0.2, 0.25) is 0 Å². The Kier molecular flexibility index (Phi) is 7.78. The largest absolute Gasteiger partial charge is 0.317 e. The number of piperazine rings is 1. The lowest BCUT2D eigenvalue weighted by Crippen LogP contribution is -2.54. The molecule has 2 heterocycles. The average Bonchev–Trinajstić information content (AvgIpc) is 2.40. The normalized spacial score (nSPS) is 25.7. The maximum atomic E-state index is 3.73. The number of allylic oxidation sites excluding steroid dienone is 1. The van der Waals surface area contributed by atoms with Crippen molar-refractivity contribution in [2.75, 3.05) is 39.8 Å². The first-order valence-corrected chi connectivity index (χ1v) is 8.17. The number of nitrogens with zero attached hydrogens (tertiary/aromatic N) is 1. The third-order valence-corrected chi connectivity index (χ3v) is 4.47. The van der Waals surface area contributed by atoms with E-state index in [9.17, 15) is 0 Å². The van der Waals surface area contributed by atoms with Crippen LogP contribution in [0.2, 0.25) is 0 Å². The molecule has 0 aliphatic carbocycles. The number of hydrogen-bond acceptors (Lipinski definition) is 3. The minimum atomic E-state index is 0.405. The lowest BCUT2D eigenvalue weighted by Gasteiger charge is -2.41. The maximum Gasteiger partial charge on any atom is 0.0266 e. The van der Waals surface area contributed by atoms with Crippen molar-refractivity contribution in [3.05, 3.63) is 12.7 Å². The molecule has 2 saturated heterocycles. The highest BCUT2D eigenvalue weighted by Gasteiger charge is 2.29. The molecule has 1 unspecified atom stereocenters. The van der Waals surface area contributed by atoms with Gasteiger partial charge in [-0.05, 0) is 50.7 Å². The number of rotatable bonds is 2. The predicted octanol–water partition coefficient (Wildman–Crippen LogP) is 2.50. The van der Waals surface area contributed by atoms with Crippen molar-refractivity contribution in [3.63, 3.8) is 0 Å². The van der Waals surface area contributed by atoms with E-state index in [1.54, 1.807) is 0 Å². The first-order valence-electron chi connectivity index (χ1n) is 8.17. The van der Waals surface area contributed by atoms with E-state index in [1.807, 2.05) is 6.08 Å². The summed E-state index contributed by atoms with van der Waals surface area (Å²) < 4.78 is 0. The van der Waals surface area contributed by atoms with Crippen LogP contribution in [0.5, 0.6) is 0 Å². The summed E-state index contributed by atoms with van der Waals surface area (Å²) in [4.78, 5) is 2.45. The molecule has 3 heteroatoms. The summed E-state index contributed by atoms with van der Waals surface area (Å²) in [5.41, 5.74) is 0.405. The molecule has 3 nitrogen and oxygen atoms in total. The molecular formula is C17H35N3. The van der Waals surface area contributed by atoms with Crippen molar-refractivity contribution in [2.24, 2.45) is 11.3 Å². The molecular weight excluding hydrogens is 246 g/mol. The Morgan fingerprint density at radius 3 is 2.25 bits per heavy atom. The van der Waals surface area contributed by atoms with Gasteiger partial charge in [0.05, 0.1) is 0 Å². The van der Waals surface area contributed by atoms with Gasteiger partial charge in [0, 0.05) is 25.7 Å². The van der Waals surface area contributed by atoms with Gasteiger partial charge < -0.3 is 15.5 Å². The molecule has 20 heavy (non-hydrogen) atoms.